The van der Waals surface area contributed by atoms with Crippen molar-refractivity contribution in [3.8, 4) is 0 Å². The summed E-state index contributed by atoms with van der Waals surface area (Å²) in [7, 11) is -3.55. The molecule has 0 spiro atoms. The van der Waals surface area contributed by atoms with Crippen molar-refractivity contribution in [2.45, 2.75) is 94.3 Å². The summed E-state index contributed by atoms with van der Waals surface area (Å²) in [6.45, 7) is 4.22. The quantitative estimate of drug-likeness (QED) is 0.0219. The van der Waals surface area contributed by atoms with Gasteiger partial charge in [0.05, 0.1) is 13.2 Å². The van der Waals surface area contributed by atoms with Crippen LogP contribution in [0.2, 0.25) is 0 Å². The van der Waals surface area contributed by atoms with Gasteiger partial charge in [-0.05, 0) is 51.0 Å². The SMILES string of the molecule is C/C(=C(\CCOP(=O)(O)O)SSc1ccccc1)N(C=O)CCCCCCCCCCCCN(C=O)/C(C)=C(/COP(=O)(O)O)SSc1ccccc1.[Li+].[Li+].[Li+].[Li+]. The normalized spacial score (nSPS) is 12.0. The maximum Gasteiger partial charge on any atom is 1.00 e. The molecule has 0 unspecified atom stereocenters. The minimum absolute atomic E-state index is 0. The molecule has 2 rings (SSSR count). The van der Waals surface area contributed by atoms with Gasteiger partial charge in [-0.3, -0.25) is 18.6 Å². The molecule has 0 saturated heterocycles. The number of phosphoric acid groups is 2. The fraction of sp³-hybridized carbons (Fsp3) is 0.486. The first kappa shape index (κ1) is 62.2. The molecular formula is C35H52Li4N2O10P2S4+4. The molecule has 0 fully saturated rings. The van der Waals surface area contributed by atoms with Crippen LogP contribution in [0.3, 0.4) is 0 Å². The molecule has 0 aliphatic heterocycles. The van der Waals surface area contributed by atoms with E-state index in [1.165, 1.54) is 43.2 Å². The van der Waals surface area contributed by atoms with Crippen LogP contribution in [0.5, 0.6) is 0 Å². The molecule has 57 heavy (non-hydrogen) atoms. The second kappa shape index (κ2) is 36.4. The first-order valence-electron chi connectivity index (χ1n) is 17.4. The Balaban J connectivity index is -0.00000729. The minimum atomic E-state index is -4.68. The fourth-order valence-corrected chi connectivity index (χ4v) is 10.3. The van der Waals surface area contributed by atoms with E-state index in [2.05, 4.69) is 4.52 Å². The zero-order chi connectivity index (χ0) is 39.0. The van der Waals surface area contributed by atoms with E-state index in [-0.39, 0.29) is 95.1 Å². The number of hydrogen-bond acceptors (Lipinski definition) is 10. The first-order valence-corrected chi connectivity index (χ1v) is 24.7. The van der Waals surface area contributed by atoms with Gasteiger partial charge in [-0.2, -0.15) is 0 Å². The van der Waals surface area contributed by atoms with Gasteiger partial charge in [-0.25, -0.2) is 9.13 Å². The van der Waals surface area contributed by atoms with E-state index in [1.807, 2.05) is 67.6 Å². The van der Waals surface area contributed by atoms with Gasteiger partial charge < -0.3 is 29.4 Å². The van der Waals surface area contributed by atoms with Crippen molar-refractivity contribution in [3.63, 3.8) is 0 Å². The molecule has 0 atom stereocenters. The minimum Gasteiger partial charge on any atom is -0.318 e. The van der Waals surface area contributed by atoms with E-state index in [4.69, 9.17) is 14.3 Å². The van der Waals surface area contributed by atoms with Crippen LogP contribution >= 0.6 is 58.8 Å². The van der Waals surface area contributed by atoms with Crippen LogP contribution in [0.1, 0.15) is 84.5 Å². The molecule has 0 aliphatic carbocycles. The number of hydrogen-bond donors (Lipinski definition) is 4. The number of carbonyl (C=O) groups excluding carboxylic acids is 2. The Bertz CT molecular complexity index is 1530. The van der Waals surface area contributed by atoms with Gasteiger partial charge in [0, 0.05) is 50.5 Å². The molecule has 0 bridgehead atoms. The topological polar surface area (TPSA) is 174 Å². The molecule has 12 nitrogen and oxygen atoms in total. The summed E-state index contributed by atoms with van der Waals surface area (Å²) >= 11 is 0. The van der Waals surface area contributed by atoms with Crippen LogP contribution in [-0.2, 0) is 27.8 Å². The summed E-state index contributed by atoms with van der Waals surface area (Å²) in [6.07, 6.45) is 12.0. The fourth-order valence-electron chi connectivity index (χ4n) is 4.92. The Hall–Kier alpha value is 0.870. The largest absolute Gasteiger partial charge is 1.00 e. The van der Waals surface area contributed by atoms with Crippen molar-refractivity contribution in [1.82, 2.24) is 9.80 Å². The molecule has 2 amide bonds. The first-order chi connectivity index (χ1) is 25.3. The average molecular weight is 879 g/mol. The maximum atomic E-state index is 12.0. The van der Waals surface area contributed by atoms with Crippen molar-refractivity contribution >= 4 is 71.6 Å². The Kier molecular flexibility index (Phi) is 39.7. The van der Waals surface area contributed by atoms with Crippen LogP contribution in [0.4, 0.5) is 0 Å². The van der Waals surface area contributed by atoms with Crippen molar-refractivity contribution in [3.05, 3.63) is 81.9 Å². The molecule has 0 radical (unpaired) electrons. The number of phosphoric ester groups is 2. The van der Waals surface area contributed by atoms with E-state index in [1.54, 1.807) is 16.7 Å². The van der Waals surface area contributed by atoms with Crippen molar-refractivity contribution < 1.29 is 123 Å². The number of unbranched alkanes of at least 4 members (excludes halogenated alkanes) is 9. The molecule has 0 aromatic heterocycles. The standard InChI is InChI=1S/C35H52N2O10P2S4.4Li/c1-30(34(23-26-46-48(40,41)42)52-50-32-19-13-11-14-20-32)36(28-38)24-17-9-7-5-3-4-6-8-10-18-25-37(29-39)31(2)35(27-47-49(43,44)45)53-51-33-21-15-12-16-22-33;;;;/h11-16,19-22,28-29H,3-10,17-18,23-27H2,1-2H3,(H2,40,41,42)(H2,43,44,45);;;;/q;4*+1/b34-30-,35-31-;;;;. The Morgan fingerprint density at radius 3 is 1.30 bits per heavy atom. The van der Waals surface area contributed by atoms with Gasteiger partial charge in [-0.1, -0.05) is 131 Å². The van der Waals surface area contributed by atoms with Gasteiger partial charge in [0.2, 0.25) is 12.8 Å². The van der Waals surface area contributed by atoms with E-state index < -0.39 is 15.6 Å². The van der Waals surface area contributed by atoms with Gasteiger partial charge in [0.15, 0.2) is 0 Å². The average Bonchev–Trinajstić information content (AvgIpc) is 3.13. The molecule has 0 saturated carbocycles. The number of amides is 2. The van der Waals surface area contributed by atoms with E-state index in [9.17, 15) is 28.5 Å². The monoisotopic (exact) mass is 878 g/mol. The zero-order valence-electron chi connectivity index (χ0n) is 34.2. The second-order valence-corrected chi connectivity index (χ2v) is 19.0. The molecular weight excluding hydrogens is 826 g/mol. The van der Waals surface area contributed by atoms with Crippen molar-refractivity contribution in [2.24, 2.45) is 0 Å². The van der Waals surface area contributed by atoms with Gasteiger partial charge in [0.25, 0.3) is 0 Å². The third kappa shape index (κ3) is 30.5. The van der Waals surface area contributed by atoms with Crippen LogP contribution in [0, 0.1) is 0 Å². The van der Waals surface area contributed by atoms with E-state index in [0.29, 0.717) is 23.7 Å². The summed E-state index contributed by atoms with van der Waals surface area (Å²) < 4.78 is 32.0. The number of carbonyl (C=O) groups is 2. The summed E-state index contributed by atoms with van der Waals surface area (Å²) in [5.41, 5.74) is 1.36. The van der Waals surface area contributed by atoms with Crippen LogP contribution in [0.25, 0.3) is 0 Å². The Labute approximate surface area is 402 Å². The van der Waals surface area contributed by atoms with Crippen LogP contribution < -0.4 is 75.4 Å². The van der Waals surface area contributed by atoms with E-state index >= 15 is 0 Å². The van der Waals surface area contributed by atoms with E-state index in [0.717, 1.165) is 97.4 Å². The molecule has 4 N–H and O–H groups in total. The molecule has 2 aromatic rings. The van der Waals surface area contributed by atoms with Gasteiger partial charge >= 0.3 is 91.1 Å². The summed E-state index contributed by atoms with van der Waals surface area (Å²) in [6, 6.07) is 19.3. The molecule has 0 heterocycles. The van der Waals surface area contributed by atoms with Crippen molar-refractivity contribution in [2.75, 3.05) is 26.3 Å². The Morgan fingerprint density at radius 2 is 0.930 bits per heavy atom. The van der Waals surface area contributed by atoms with Gasteiger partial charge in [0.1, 0.15) is 0 Å². The predicted octanol–water partition coefficient (Wildman–Crippen LogP) is -2.23. The maximum absolute atomic E-state index is 12.0. The number of allylic oxidation sites excluding steroid dienone is 2. The van der Waals surface area contributed by atoms with Crippen molar-refractivity contribution in [1.29, 1.82) is 0 Å². The molecule has 2 aromatic carbocycles. The summed E-state index contributed by atoms with van der Waals surface area (Å²) in [5.74, 6) is 0. The summed E-state index contributed by atoms with van der Waals surface area (Å²) in [4.78, 5) is 67.2. The summed E-state index contributed by atoms with van der Waals surface area (Å²) in [5, 5.41) is 0. The predicted molar refractivity (Wildman–Crippen MR) is 217 cm³/mol. The second-order valence-electron chi connectivity index (χ2n) is 11.9. The Morgan fingerprint density at radius 1 is 0.579 bits per heavy atom. The van der Waals surface area contributed by atoms with Gasteiger partial charge in [-0.15, -0.1) is 0 Å². The molecule has 0 aliphatic rings. The zero-order valence-corrected chi connectivity index (χ0v) is 39.2. The molecule has 22 heteroatoms. The number of nitrogens with zero attached hydrogens (tertiary/aromatic N) is 2. The number of benzene rings is 2. The van der Waals surface area contributed by atoms with Crippen LogP contribution in [-0.4, -0.2) is 68.5 Å². The molecule has 296 valence electrons. The van der Waals surface area contributed by atoms with Crippen LogP contribution in [0.15, 0.2) is 91.7 Å². The number of rotatable bonds is 30. The smallest absolute Gasteiger partial charge is 0.318 e. The third-order valence-corrected chi connectivity index (χ3v) is 14.1. The third-order valence-electron chi connectivity index (χ3n) is 7.89.